The number of nitrogens with zero attached hydrogens (tertiary/aromatic N) is 3. The number of aromatic nitrogens is 3. The first kappa shape index (κ1) is 15.0. The Kier molecular flexibility index (Phi) is 4.63. The molecule has 0 saturated heterocycles. The summed E-state index contributed by atoms with van der Waals surface area (Å²) in [6, 6.07) is 0. The first-order valence-corrected chi connectivity index (χ1v) is 8.82. The Bertz CT molecular complexity index is 453. The predicted molar refractivity (Wildman–Crippen MR) is 82.9 cm³/mol. The molecule has 1 heterocycles. The molecule has 0 bridgehead atoms. The summed E-state index contributed by atoms with van der Waals surface area (Å²) in [7, 11) is 0. The summed E-state index contributed by atoms with van der Waals surface area (Å²) in [4.78, 5) is 4.40. The Hall–Kier alpha value is -0.900. The van der Waals surface area contributed by atoms with Gasteiger partial charge in [-0.25, -0.2) is 4.98 Å². The molecule has 2 atom stereocenters. The summed E-state index contributed by atoms with van der Waals surface area (Å²) in [5.41, 5.74) is -0.555. The highest BCUT2D eigenvalue weighted by Gasteiger charge is 2.43. The molecule has 118 valence electrons. The number of rotatable bonds is 4. The predicted octanol–water partition coefficient (Wildman–Crippen LogP) is 3.34. The molecule has 0 amide bonds. The van der Waals surface area contributed by atoms with Gasteiger partial charge in [-0.05, 0) is 31.6 Å². The van der Waals surface area contributed by atoms with Crippen molar-refractivity contribution in [1.29, 1.82) is 0 Å². The van der Waals surface area contributed by atoms with Crippen LogP contribution in [0.2, 0.25) is 0 Å². The van der Waals surface area contributed by atoms with Gasteiger partial charge in [-0.15, -0.1) is 0 Å². The molecule has 2 aliphatic rings. The molecule has 0 aliphatic heterocycles. The van der Waals surface area contributed by atoms with E-state index in [0.29, 0.717) is 12.3 Å². The minimum Gasteiger partial charge on any atom is -0.389 e. The summed E-state index contributed by atoms with van der Waals surface area (Å²) in [5, 5.41) is 15.7. The average Bonchev–Trinajstić information content (AvgIpc) is 2.95. The number of aliphatic hydroxyl groups is 1. The van der Waals surface area contributed by atoms with Crippen molar-refractivity contribution < 1.29 is 5.11 Å². The lowest BCUT2D eigenvalue weighted by Crippen LogP contribution is -2.47. The van der Waals surface area contributed by atoms with Gasteiger partial charge in [-0.3, -0.25) is 4.68 Å². The van der Waals surface area contributed by atoms with Crippen LogP contribution in [0.15, 0.2) is 6.33 Å². The third-order valence-electron chi connectivity index (χ3n) is 5.74. The normalized spacial score (nSPS) is 31.4. The Morgan fingerprint density at radius 1 is 1.19 bits per heavy atom. The molecule has 3 rings (SSSR count). The van der Waals surface area contributed by atoms with Crippen LogP contribution in [0.4, 0.5) is 0 Å². The fourth-order valence-corrected chi connectivity index (χ4v) is 4.64. The van der Waals surface area contributed by atoms with Crippen molar-refractivity contribution in [3.05, 3.63) is 12.2 Å². The van der Waals surface area contributed by atoms with Gasteiger partial charge < -0.3 is 5.11 Å². The van der Waals surface area contributed by atoms with Gasteiger partial charge >= 0.3 is 0 Å². The molecule has 2 fully saturated rings. The third kappa shape index (κ3) is 3.15. The summed E-state index contributed by atoms with van der Waals surface area (Å²) < 4.78 is 1.94. The second-order valence-corrected chi connectivity index (χ2v) is 7.02. The molecule has 4 heteroatoms. The lowest BCUT2D eigenvalue weighted by atomic mass is 9.64. The summed E-state index contributed by atoms with van der Waals surface area (Å²) in [6.45, 7) is 2.92. The van der Waals surface area contributed by atoms with Gasteiger partial charge in [0.15, 0.2) is 0 Å². The number of hydrogen-bond acceptors (Lipinski definition) is 3. The maximum Gasteiger partial charge on any atom is 0.138 e. The number of hydrogen-bond donors (Lipinski definition) is 1. The summed E-state index contributed by atoms with van der Waals surface area (Å²) in [6.07, 6.45) is 13.6. The zero-order chi connectivity index (χ0) is 14.7. The van der Waals surface area contributed by atoms with E-state index in [1.807, 2.05) is 4.68 Å². The molecule has 1 N–H and O–H groups in total. The van der Waals surface area contributed by atoms with Crippen LogP contribution in [0.5, 0.6) is 0 Å². The first-order chi connectivity index (χ1) is 10.2. The SMILES string of the molecule is CCn1ncnc1CC1(O)CCCCC1C1CCCCC1. The van der Waals surface area contributed by atoms with Gasteiger partial charge in [0.1, 0.15) is 12.2 Å². The van der Waals surface area contributed by atoms with E-state index in [4.69, 9.17) is 0 Å². The molecule has 0 aromatic carbocycles. The van der Waals surface area contributed by atoms with Gasteiger partial charge in [0.05, 0.1) is 5.60 Å². The molecule has 2 unspecified atom stereocenters. The Morgan fingerprint density at radius 2 is 1.95 bits per heavy atom. The molecule has 1 aromatic rings. The van der Waals surface area contributed by atoms with E-state index >= 15 is 0 Å². The maximum atomic E-state index is 11.4. The van der Waals surface area contributed by atoms with Gasteiger partial charge in [-0.1, -0.05) is 44.9 Å². The lowest BCUT2D eigenvalue weighted by Gasteiger charge is -2.45. The molecule has 2 saturated carbocycles. The minimum atomic E-state index is -0.555. The molecule has 0 radical (unpaired) electrons. The topological polar surface area (TPSA) is 50.9 Å². The van der Waals surface area contributed by atoms with E-state index in [-0.39, 0.29) is 0 Å². The molecule has 21 heavy (non-hydrogen) atoms. The van der Waals surface area contributed by atoms with E-state index in [1.165, 1.54) is 44.9 Å². The molecule has 4 nitrogen and oxygen atoms in total. The number of aryl methyl sites for hydroxylation is 1. The monoisotopic (exact) mass is 291 g/mol. The van der Waals surface area contributed by atoms with Crippen LogP contribution >= 0.6 is 0 Å². The van der Waals surface area contributed by atoms with Crippen molar-refractivity contribution in [3.8, 4) is 0 Å². The van der Waals surface area contributed by atoms with E-state index in [2.05, 4.69) is 17.0 Å². The molecule has 2 aliphatic carbocycles. The zero-order valence-corrected chi connectivity index (χ0v) is 13.3. The molecular formula is C17H29N3O. The van der Waals surface area contributed by atoms with Crippen molar-refractivity contribution in [3.63, 3.8) is 0 Å². The molecule has 1 aromatic heterocycles. The van der Waals surface area contributed by atoms with Crippen LogP contribution in [0.1, 0.15) is 70.5 Å². The van der Waals surface area contributed by atoms with Gasteiger partial charge in [0.2, 0.25) is 0 Å². The van der Waals surface area contributed by atoms with Crippen LogP contribution in [0.25, 0.3) is 0 Å². The van der Waals surface area contributed by atoms with Crippen molar-refractivity contribution >= 4 is 0 Å². The fourth-order valence-electron chi connectivity index (χ4n) is 4.64. The highest BCUT2D eigenvalue weighted by Crippen LogP contribution is 2.45. The van der Waals surface area contributed by atoms with Crippen molar-refractivity contribution in [2.75, 3.05) is 0 Å². The van der Waals surface area contributed by atoms with Gasteiger partial charge in [-0.2, -0.15) is 5.10 Å². The average molecular weight is 291 g/mol. The van der Waals surface area contributed by atoms with Crippen molar-refractivity contribution in [2.24, 2.45) is 11.8 Å². The molecular weight excluding hydrogens is 262 g/mol. The lowest BCUT2D eigenvalue weighted by molar-refractivity contribution is -0.0784. The van der Waals surface area contributed by atoms with E-state index in [9.17, 15) is 5.11 Å². The maximum absolute atomic E-state index is 11.4. The van der Waals surface area contributed by atoms with Crippen molar-refractivity contribution in [2.45, 2.75) is 83.3 Å². The highest BCUT2D eigenvalue weighted by molar-refractivity contribution is 5.01. The summed E-state index contributed by atoms with van der Waals surface area (Å²) >= 11 is 0. The fraction of sp³-hybridized carbons (Fsp3) is 0.882. The second kappa shape index (κ2) is 6.47. The largest absolute Gasteiger partial charge is 0.389 e. The van der Waals surface area contributed by atoms with E-state index in [1.54, 1.807) is 6.33 Å². The van der Waals surface area contributed by atoms with Crippen LogP contribution in [0.3, 0.4) is 0 Å². The van der Waals surface area contributed by atoms with Crippen molar-refractivity contribution in [1.82, 2.24) is 14.8 Å². The molecule has 0 spiro atoms. The Balaban J connectivity index is 1.77. The Morgan fingerprint density at radius 3 is 2.71 bits per heavy atom. The van der Waals surface area contributed by atoms with E-state index in [0.717, 1.165) is 31.1 Å². The quantitative estimate of drug-likeness (QED) is 0.925. The standard InChI is InChI=1S/C17H29N3O/c1-2-20-16(18-13-19-20)12-17(21)11-7-6-10-15(17)14-8-4-3-5-9-14/h13-15,21H,2-12H2,1H3. The first-order valence-electron chi connectivity index (χ1n) is 8.82. The highest BCUT2D eigenvalue weighted by atomic mass is 16.3. The van der Waals surface area contributed by atoms with Crippen LogP contribution in [0, 0.1) is 11.8 Å². The smallest absolute Gasteiger partial charge is 0.138 e. The van der Waals surface area contributed by atoms with Crippen LogP contribution < -0.4 is 0 Å². The zero-order valence-electron chi connectivity index (χ0n) is 13.3. The van der Waals surface area contributed by atoms with Gasteiger partial charge in [0.25, 0.3) is 0 Å². The summed E-state index contributed by atoms with van der Waals surface area (Å²) in [5.74, 6) is 2.15. The second-order valence-electron chi connectivity index (χ2n) is 7.02. The minimum absolute atomic E-state index is 0.466. The van der Waals surface area contributed by atoms with Crippen LogP contribution in [-0.2, 0) is 13.0 Å². The third-order valence-corrected chi connectivity index (χ3v) is 5.74. The van der Waals surface area contributed by atoms with Crippen LogP contribution in [-0.4, -0.2) is 25.5 Å². The Labute approximate surface area is 128 Å². The van der Waals surface area contributed by atoms with E-state index < -0.39 is 5.60 Å². The van der Waals surface area contributed by atoms with Gasteiger partial charge in [0, 0.05) is 13.0 Å².